The molecule has 0 aliphatic rings. The SMILES string of the molecule is CCNc1cc(NCCC(=O)NC)ccn1. The van der Waals surface area contributed by atoms with E-state index in [0.717, 1.165) is 18.1 Å². The molecule has 0 unspecified atom stereocenters. The molecule has 0 radical (unpaired) electrons. The minimum absolute atomic E-state index is 0.0356. The first-order chi connectivity index (χ1) is 7.76. The van der Waals surface area contributed by atoms with Crippen molar-refractivity contribution < 1.29 is 4.79 Å². The summed E-state index contributed by atoms with van der Waals surface area (Å²) < 4.78 is 0. The van der Waals surface area contributed by atoms with E-state index in [1.807, 2.05) is 19.1 Å². The number of anilines is 2. The highest BCUT2D eigenvalue weighted by Gasteiger charge is 1.98. The van der Waals surface area contributed by atoms with Gasteiger partial charge in [-0.15, -0.1) is 0 Å². The Morgan fingerprint density at radius 1 is 1.44 bits per heavy atom. The zero-order chi connectivity index (χ0) is 11.8. The van der Waals surface area contributed by atoms with Crippen molar-refractivity contribution in [3.05, 3.63) is 18.3 Å². The van der Waals surface area contributed by atoms with Crippen LogP contribution in [0.25, 0.3) is 0 Å². The van der Waals surface area contributed by atoms with Crippen LogP contribution in [0.4, 0.5) is 11.5 Å². The Kier molecular flexibility index (Phi) is 5.11. The maximum absolute atomic E-state index is 11.0. The van der Waals surface area contributed by atoms with Gasteiger partial charge in [0.1, 0.15) is 5.82 Å². The van der Waals surface area contributed by atoms with E-state index >= 15 is 0 Å². The van der Waals surface area contributed by atoms with Gasteiger partial charge in [-0.3, -0.25) is 4.79 Å². The van der Waals surface area contributed by atoms with Gasteiger partial charge in [-0.25, -0.2) is 4.98 Å². The van der Waals surface area contributed by atoms with Crippen molar-refractivity contribution in [1.82, 2.24) is 10.3 Å². The number of nitrogens with zero attached hydrogens (tertiary/aromatic N) is 1. The lowest BCUT2D eigenvalue weighted by atomic mass is 10.3. The molecule has 16 heavy (non-hydrogen) atoms. The molecular weight excluding hydrogens is 204 g/mol. The molecule has 0 bridgehead atoms. The minimum Gasteiger partial charge on any atom is -0.384 e. The molecule has 0 atom stereocenters. The summed E-state index contributed by atoms with van der Waals surface area (Å²) in [6.07, 6.45) is 2.20. The number of nitrogens with one attached hydrogen (secondary N) is 3. The average Bonchev–Trinajstić information content (AvgIpc) is 2.30. The number of pyridine rings is 1. The van der Waals surface area contributed by atoms with Gasteiger partial charge in [0.15, 0.2) is 0 Å². The number of amides is 1. The third-order valence-electron chi connectivity index (χ3n) is 2.08. The van der Waals surface area contributed by atoms with Crippen LogP contribution in [0.15, 0.2) is 18.3 Å². The van der Waals surface area contributed by atoms with Crippen LogP contribution >= 0.6 is 0 Å². The van der Waals surface area contributed by atoms with Gasteiger partial charge >= 0.3 is 0 Å². The maximum atomic E-state index is 11.0. The van der Waals surface area contributed by atoms with Crippen molar-refractivity contribution in [3.63, 3.8) is 0 Å². The van der Waals surface area contributed by atoms with Crippen molar-refractivity contribution in [2.24, 2.45) is 0 Å². The minimum atomic E-state index is 0.0356. The summed E-state index contributed by atoms with van der Waals surface area (Å²) in [6, 6.07) is 3.80. The highest BCUT2D eigenvalue weighted by Crippen LogP contribution is 2.11. The van der Waals surface area contributed by atoms with Crippen LogP contribution in [0.2, 0.25) is 0 Å². The summed E-state index contributed by atoms with van der Waals surface area (Å²) in [7, 11) is 1.64. The smallest absolute Gasteiger partial charge is 0.221 e. The van der Waals surface area contributed by atoms with Crippen LogP contribution in [0.5, 0.6) is 0 Å². The summed E-state index contributed by atoms with van der Waals surface area (Å²) in [4.78, 5) is 15.2. The molecule has 1 heterocycles. The zero-order valence-electron chi connectivity index (χ0n) is 9.71. The Morgan fingerprint density at radius 2 is 2.25 bits per heavy atom. The normalized spacial score (nSPS) is 9.62. The number of rotatable bonds is 6. The quantitative estimate of drug-likeness (QED) is 0.673. The Morgan fingerprint density at radius 3 is 2.94 bits per heavy atom. The van der Waals surface area contributed by atoms with E-state index in [-0.39, 0.29) is 5.91 Å². The lowest BCUT2D eigenvalue weighted by Crippen LogP contribution is -2.20. The fourth-order valence-electron chi connectivity index (χ4n) is 1.26. The molecule has 88 valence electrons. The third kappa shape index (κ3) is 4.16. The van der Waals surface area contributed by atoms with E-state index in [1.54, 1.807) is 13.2 Å². The summed E-state index contributed by atoms with van der Waals surface area (Å²) in [5, 5.41) is 8.88. The Hall–Kier alpha value is -1.78. The second-order valence-electron chi connectivity index (χ2n) is 3.31. The van der Waals surface area contributed by atoms with Gasteiger partial charge in [0.05, 0.1) is 0 Å². The van der Waals surface area contributed by atoms with Gasteiger partial charge < -0.3 is 16.0 Å². The molecule has 5 heteroatoms. The highest BCUT2D eigenvalue weighted by atomic mass is 16.1. The topological polar surface area (TPSA) is 66.0 Å². The number of hydrogen-bond donors (Lipinski definition) is 3. The first kappa shape index (κ1) is 12.3. The molecule has 0 saturated carbocycles. The van der Waals surface area contributed by atoms with E-state index in [2.05, 4.69) is 20.9 Å². The summed E-state index contributed by atoms with van der Waals surface area (Å²) in [5.41, 5.74) is 0.967. The number of carbonyl (C=O) groups is 1. The average molecular weight is 222 g/mol. The summed E-state index contributed by atoms with van der Waals surface area (Å²) in [6.45, 7) is 3.48. The maximum Gasteiger partial charge on any atom is 0.221 e. The molecule has 0 spiro atoms. The standard InChI is InChI=1S/C11H18N4O/c1-3-13-10-8-9(4-6-15-10)14-7-5-11(16)12-2/h4,6,8H,3,5,7H2,1-2H3,(H,12,16)(H2,13,14,15). The lowest BCUT2D eigenvalue weighted by Gasteiger charge is -2.07. The van der Waals surface area contributed by atoms with Crippen LogP contribution < -0.4 is 16.0 Å². The molecule has 0 aliphatic heterocycles. The van der Waals surface area contributed by atoms with Crippen LogP contribution in [-0.2, 0) is 4.79 Å². The lowest BCUT2D eigenvalue weighted by molar-refractivity contribution is -0.120. The summed E-state index contributed by atoms with van der Waals surface area (Å²) in [5.74, 6) is 0.876. The van der Waals surface area contributed by atoms with Crippen LogP contribution in [0, 0.1) is 0 Å². The van der Waals surface area contributed by atoms with E-state index in [0.29, 0.717) is 13.0 Å². The summed E-state index contributed by atoms with van der Waals surface area (Å²) >= 11 is 0. The second kappa shape index (κ2) is 6.66. The number of hydrogen-bond acceptors (Lipinski definition) is 4. The molecule has 0 aromatic carbocycles. The highest BCUT2D eigenvalue weighted by molar-refractivity contribution is 5.76. The first-order valence-corrected chi connectivity index (χ1v) is 5.40. The Labute approximate surface area is 95.7 Å². The van der Waals surface area contributed by atoms with Gasteiger partial charge in [-0.2, -0.15) is 0 Å². The molecule has 1 rings (SSSR count). The van der Waals surface area contributed by atoms with Crippen LogP contribution in [0.3, 0.4) is 0 Å². The van der Waals surface area contributed by atoms with E-state index in [1.165, 1.54) is 0 Å². The van der Waals surface area contributed by atoms with Gasteiger partial charge in [-0.1, -0.05) is 0 Å². The molecule has 1 amide bonds. The van der Waals surface area contributed by atoms with E-state index in [4.69, 9.17) is 0 Å². The first-order valence-electron chi connectivity index (χ1n) is 5.40. The predicted molar refractivity (Wildman–Crippen MR) is 65.6 cm³/mol. The van der Waals surface area contributed by atoms with Crippen molar-refractivity contribution in [2.75, 3.05) is 30.8 Å². The van der Waals surface area contributed by atoms with Crippen molar-refractivity contribution in [3.8, 4) is 0 Å². The molecule has 0 saturated heterocycles. The fraction of sp³-hybridized carbons (Fsp3) is 0.455. The van der Waals surface area contributed by atoms with Crippen molar-refractivity contribution in [1.29, 1.82) is 0 Å². The predicted octanol–water partition coefficient (Wildman–Crippen LogP) is 1.06. The van der Waals surface area contributed by atoms with Crippen molar-refractivity contribution >= 4 is 17.4 Å². The third-order valence-corrected chi connectivity index (χ3v) is 2.08. The number of carbonyl (C=O) groups excluding carboxylic acids is 1. The molecule has 1 aromatic heterocycles. The molecule has 3 N–H and O–H groups in total. The van der Waals surface area contributed by atoms with E-state index in [9.17, 15) is 4.79 Å². The molecule has 5 nitrogen and oxygen atoms in total. The van der Waals surface area contributed by atoms with E-state index < -0.39 is 0 Å². The molecular formula is C11H18N4O. The van der Waals surface area contributed by atoms with Crippen molar-refractivity contribution in [2.45, 2.75) is 13.3 Å². The number of aromatic nitrogens is 1. The largest absolute Gasteiger partial charge is 0.384 e. The fourth-order valence-corrected chi connectivity index (χ4v) is 1.26. The Balaban J connectivity index is 2.41. The molecule has 0 aliphatic carbocycles. The van der Waals surface area contributed by atoms with Gasteiger partial charge in [0.25, 0.3) is 0 Å². The molecule has 0 fully saturated rings. The van der Waals surface area contributed by atoms with Crippen LogP contribution in [0.1, 0.15) is 13.3 Å². The van der Waals surface area contributed by atoms with Gasteiger partial charge in [-0.05, 0) is 13.0 Å². The monoisotopic (exact) mass is 222 g/mol. The zero-order valence-corrected chi connectivity index (χ0v) is 9.71. The molecule has 1 aromatic rings. The van der Waals surface area contributed by atoms with Crippen LogP contribution in [-0.4, -0.2) is 31.0 Å². The van der Waals surface area contributed by atoms with Gasteiger partial charge in [0, 0.05) is 44.5 Å². The Bertz CT molecular complexity index is 341. The second-order valence-corrected chi connectivity index (χ2v) is 3.31. The van der Waals surface area contributed by atoms with Gasteiger partial charge in [0.2, 0.25) is 5.91 Å².